The largest absolute Gasteiger partial charge is 0.351 e. The Kier molecular flexibility index (Phi) is 9.21. The molecule has 1 aliphatic rings. The van der Waals surface area contributed by atoms with Crippen LogP contribution < -0.4 is 5.32 Å². The number of aromatic nitrogens is 1. The van der Waals surface area contributed by atoms with Crippen LogP contribution in [0, 0.1) is 5.92 Å². The Hall–Kier alpha value is -0.800. The summed E-state index contributed by atoms with van der Waals surface area (Å²) in [5.41, 5.74) is 1.11. The zero-order valence-electron chi connectivity index (χ0n) is 15.4. The number of rotatable bonds is 6. The number of thioether (sulfide) groups is 1. The number of halogens is 1. The third-order valence-corrected chi connectivity index (χ3v) is 6.64. The van der Waals surface area contributed by atoms with E-state index in [1.54, 1.807) is 11.3 Å². The molecule has 0 amide bonds. The average Bonchev–Trinajstić information content (AvgIpc) is 3.31. The van der Waals surface area contributed by atoms with Gasteiger partial charge in [-0.25, -0.2) is 4.98 Å². The minimum atomic E-state index is 0. The van der Waals surface area contributed by atoms with Crippen LogP contribution >= 0.6 is 47.1 Å². The van der Waals surface area contributed by atoms with Gasteiger partial charge in [0.05, 0.1) is 17.2 Å². The topological polar surface area (TPSA) is 40.5 Å². The first-order valence-corrected chi connectivity index (χ1v) is 10.7. The summed E-state index contributed by atoms with van der Waals surface area (Å²) in [5, 5.41) is 6.81. The molecule has 1 unspecified atom stereocenters. The first-order valence-electron chi connectivity index (χ1n) is 8.85. The number of hydrogen-bond acceptors (Lipinski definition) is 4. The van der Waals surface area contributed by atoms with E-state index in [4.69, 9.17) is 0 Å². The number of nitrogens with one attached hydrogen (secondary N) is 1. The molecule has 0 radical (unpaired) electrons. The minimum Gasteiger partial charge on any atom is -0.351 e. The van der Waals surface area contributed by atoms with Gasteiger partial charge in [0.2, 0.25) is 0 Å². The second kappa shape index (κ2) is 11.1. The maximum atomic E-state index is 4.62. The van der Waals surface area contributed by atoms with Gasteiger partial charge in [0.25, 0.3) is 0 Å². The lowest BCUT2D eigenvalue weighted by atomic mass is 10.2. The molecule has 0 spiro atoms. The molecule has 1 aromatic heterocycles. The monoisotopic (exact) mass is 502 g/mol. The van der Waals surface area contributed by atoms with Crippen molar-refractivity contribution in [2.75, 3.05) is 25.9 Å². The van der Waals surface area contributed by atoms with E-state index in [0.717, 1.165) is 43.6 Å². The van der Waals surface area contributed by atoms with E-state index < -0.39 is 0 Å². The van der Waals surface area contributed by atoms with Crippen molar-refractivity contribution in [1.29, 1.82) is 0 Å². The number of aryl methyl sites for hydroxylation is 1. The molecule has 1 aromatic carbocycles. The van der Waals surface area contributed by atoms with Crippen LogP contribution in [-0.4, -0.2) is 41.7 Å². The normalized spacial score (nSPS) is 17.2. The smallest absolute Gasteiger partial charge is 0.193 e. The van der Waals surface area contributed by atoms with Crippen molar-refractivity contribution in [3.8, 4) is 0 Å². The van der Waals surface area contributed by atoms with Crippen molar-refractivity contribution in [2.24, 2.45) is 10.9 Å². The predicted molar refractivity (Wildman–Crippen MR) is 124 cm³/mol. The van der Waals surface area contributed by atoms with Crippen LogP contribution in [0.1, 0.15) is 24.0 Å². The maximum Gasteiger partial charge on any atom is 0.193 e. The molecule has 26 heavy (non-hydrogen) atoms. The van der Waals surface area contributed by atoms with Crippen LogP contribution in [0.5, 0.6) is 0 Å². The summed E-state index contributed by atoms with van der Waals surface area (Å²) < 4.78 is 0. The van der Waals surface area contributed by atoms with Gasteiger partial charge >= 0.3 is 0 Å². The Morgan fingerprint density at radius 3 is 2.88 bits per heavy atom. The summed E-state index contributed by atoms with van der Waals surface area (Å²) in [6.07, 6.45) is 2.24. The number of guanidine groups is 1. The Labute approximate surface area is 181 Å². The summed E-state index contributed by atoms with van der Waals surface area (Å²) in [6, 6.07) is 10.7. The van der Waals surface area contributed by atoms with Gasteiger partial charge in [-0.15, -0.1) is 47.1 Å². The van der Waals surface area contributed by atoms with E-state index in [2.05, 4.69) is 62.8 Å². The van der Waals surface area contributed by atoms with Crippen LogP contribution in [0.2, 0.25) is 0 Å². The van der Waals surface area contributed by atoms with Gasteiger partial charge in [0.15, 0.2) is 5.96 Å². The molecule has 1 aliphatic heterocycles. The molecule has 142 valence electrons. The van der Waals surface area contributed by atoms with Gasteiger partial charge in [-0.1, -0.05) is 25.1 Å². The molecular formula is C19H27IN4S2. The van der Waals surface area contributed by atoms with Crippen molar-refractivity contribution in [2.45, 2.75) is 31.2 Å². The average molecular weight is 502 g/mol. The first kappa shape index (κ1) is 21.5. The van der Waals surface area contributed by atoms with Gasteiger partial charge in [0.1, 0.15) is 0 Å². The summed E-state index contributed by atoms with van der Waals surface area (Å²) in [6.45, 7) is 5.06. The number of thiazole rings is 1. The SMILES string of the molecule is CCc1nc(CNC(=NC)N2CCC(CSc3ccccc3)C2)cs1.I. The van der Waals surface area contributed by atoms with Crippen molar-refractivity contribution < 1.29 is 0 Å². The predicted octanol–water partition coefficient (Wildman–Crippen LogP) is 4.51. The van der Waals surface area contributed by atoms with Gasteiger partial charge < -0.3 is 10.2 Å². The van der Waals surface area contributed by atoms with E-state index in [-0.39, 0.29) is 24.0 Å². The van der Waals surface area contributed by atoms with E-state index >= 15 is 0 Å². The van der Waals surface area contributed by atoms with E-state index in [1.165, 1.54) is 22.1 Å². The Morgan fingerprint density at radius 1 is 1.38 bits per heavy atom. The highest BCUT2D eigenvalue weighted by Crippen LogP contribution is 2.25. The molecule has 1 fully saturated rings. The number of hydrogen-bond donors (Lipinski definition) is 1. The Balaban J connectivity index is 0.00000243. The summed E-state index contributed by atoms with van der Waals surface area (Å²) in [5.74, 6) is 2.89. The molecule has 4 nitrogen and oxygen atoms in total. The highest BCUT2D eigenvalue weighted by molar-refractivity contribution is 14.0. The quantitative estimate of drug-likeness (QED) is 0.273. The molecule has 0 aliphatic carbocycles. The molecule has 1 N–H and O–H groups in total. The van der Waals surface area contributed by atoms with E-state index in [9.17, 15) is 0 Å². The molecular weight excluding hydrogens is 475 g/mol. The van der Waals surface area contributed by atoms with Crippen LogP contribution in [0.3, 0.4) is 0 Å². The van der Waals surface area contributed by atoms with Crippen molar-refractivity contribution in [3.63, 3.8) is 0 Å². The van der Waals surface area contributed by atoms with Crippen molar-refractivity contribution in [1.82, 2.24) is 15.2 Å². The standard InChI is InChI=1S/C19H26N4S2.HI/c1-3-18-22-16(14-25-18)11-21-19(20-2)23-10-9-15(12-23)13-24-17-7-5-4-6-8-17;/h4-8,14-15H,3,9-13H2,1-2H3,(H,20,21);1H. The molecule has 2 aromatic rings. The lowest BCUT2D eigenvalue weighted by molar-refractivity contribution is 0.474. The number of benzene rings is 1. The van der Waals surface area contributed by atoms with Crippen LogP contribution in [-0.2, 0) is 13.0 Å². The highest BCUT2D eigenvalue weighted by Gasteiger charge is 2.24. The minimum absolute atomic E-state index is 0. The Bertz CT molecular complexity index is 690. The number of nitrogens with zero attached hydrogens (tertiary/aromatic N) is 3. The van der Waals surface area contributed by atoms with Crippen molar-refractivity contribution >= 4 is 53.0 Å². The first-order chi connectivity index (χ1) is 12.3. The fourth-order valence-corrected chi connectivity index (χ4v) is 4.78. The lowest BCUT2D eigenvalue weighted by Crippen LogP contribution is -2.39. The summed E-state index contributed by atoms with van der Waals surface area (Å²) >= 11 is 3.70. The Morgan fingerprint density at radius 2 is 2.19 bits per heavy atom. The van der Waals surface area contributed by atoms with Gasteiger partial charge in [0, 0.05) is 36.2 Å². The van der Waals surface area contributed by atoms with E-state index in [0.29, 0.717) is 0 Å². The van der Waals surface area contributed by atoms with Gasteiger partial charge in [-0.3, -0.25) is 4.99 Å². The lowest BCUT2D eigenvalue weighted by Gasteiger charge is -2.21. The fraction of sp³-hybridized carbons (Fsp3) is 0.474. The molecule has 2 heterocycles. The number of likely N-dealkylation sites (tertiary alicyclic amines) is 1. The second-order valence-corrected chi connectivity index (χ2v) is 8.25. The number of aliphatic imine (C=N–C) groups is 1. The van der Waals surface area contributed by atoms with Crippen LogP contribution in [0.15, 0.2) is 45.6 Å². The second-order valence-electron chi connectivity index (χ2n) is 6.21. The van der Waals surface area contributed by atoms with Gasteiger partial charge in [-0.05, 0) is 30.9 Å². The molecule has 7 heteroatoms. The summed E-state index contributed by atoms with van der Waals surface area (Å²) in [4.78, 5) is 12.8. The third kappa shape index (κ3) is 6.13. The van der Waals surface area contributed by atoms with Gasteiger partial charge in [-0.2, -0.15) is 0 Å². The molecule has 1 saturated heterocycles. The van der Waals surface area contributed by atoms with E-state index in [1.807, 2.05) is 18.8 Å². The molecule has 0 bridgehead atoms. The zero-order chi connectivity index (χ0) is 17.5. The van der Waals surface area contributed by atoms with Crippen molar-refractivity contribution in [3.05, 3.63) is 46.4 Å². The molecule has 0 saturated carbocycles. The van der Waals surface area contributed by atoms with Crippen LogP contribution in [0.4, 0.5) is 0 Å². The molecule has 1 atom stereocenters. The molecule has 3 rings (SSSR count). The fourth-order valence-electron chi connectivity index (χ4n) is 2.99. The third-order valence-electron chi connectivity index (χ3n) is 4.36. The zero-order valence-corrected chi connectivity index (χ0v) is 19.3. The highest BCUT2D eigenvalue weighted by atomic mass is 127. The summed E-state index contributed by atoms with van der Waals surface area (Å²) in [7, 11) is 1.87. The maximum absolute atomic E-state index is 4.62. The van der Waals surface area contributed by atoms with Crippen LogP contribution in [0.25, 0.3) is 0 Å².